The lowest BCUT2D eigenvalue weighted by molar-refractivity contribution is 0.0901. The molecule has 2 N–H and O–H groups in total. The molecule has 0 unspecified atom stereocenters. The van der Waals surface area contributed by atoms with Crippen molar-refractivity contribution in [3.63, 3.8) is 0 Å². The van der Waals surface area contributed by atoms with E-state index in [4.69, 9.17) is 28.9 Å². The smallest absolute Gasteiger partial charge is 0.254 e. The maximum Gasteiger partial charge on any atom is 0.254 e. The first-order valence-electron chi connectivity index (χ1n) is 6.79. The van der Waals surface area contributed by atoms with Gasteiger partial charge in [-0.1, -0.05) is 35.3 Å². The minimum atomic E-state index is -0.266. The van der Waals surface area contributed by atoms with Crippen LogP contribution < -0.4 is 5.73 Å². The fourth-order valence-corrected chi connectivity index (χ4v) is 2.33. The summed E-state index contributed by atoms with van der Waals surface area (Å²) in [4.78, 5) is 16.5. The molecule has 0 saturated heterocycles. The van der Waals surface area contributed by atoms with Crippen molar-refractivity contribution in [2.45, 2.75) is 6.42 Å². The van der Waals surface area contributed by atoms with Gasteiger partial charge in [0, 0.05) is 15.6 Å². The van der Waals surface area contributed by atoms with Crippen LogP contribution in [0.15, 0.2) is 48.5 Å². The van der Waals surface area contributed by atoms with Crippen LogP contribution in [0.2, 0.25) is 10.0 Å². The largest absolute Gasteiger partial charge is 0.368 e. The van der Waals surface area contributed by atoms with Crippen molar-refractivity contribution in [3.8, 4) is 11.4 Å². The lowest BCUT2D eigenvalue weighted by Crippen LogP contribution is -2.17. The molecule has 7 heteroatoms. The average molecular weight is 347 g/mol. The fourth-order valence-electron chi connectivity index (χ4n) is 2.08. The molecule has 0 atom stereocenters. The Labute approximate surface area is 142 Å². The van der Waals surface area contributed by atoms with Gasteiger partial charge in [-0.3, -0.25) is 4.79 Å². The van der Waals surface area contributed by atoms with Gasteiger partial charge in [-0.2, -0.15) is 9.67 Å². The number of nitrogens with zero attached hydrogens (tertiary/aromatic N) is 3. The van der Waals surface area contributed by atoms with Gasteiger partial charge in [-0.05, 0) is 42.0 Å². The van der Waals surface area contributed by atoms with E-state index in [2.05, 4.69) is 10.1 Å². The molecule has 0 aliphatic carbocycles. The fraction of sp³-hybridized carbons (Fsp3) is 0.0625. The number of nitrogen functional groups attached to an aromatic ring is 1. The summed E-state index contributed by atoms with van der Waals surface area (Å²) in [6.07, 6.45) is 0.158. The Hall–Kier alpha value is -2.37. The SMILES string of the molecule is Nc1nc(-c2ccc(Cl)cc2)nn1C(=O)Cc1ccc(Cl)cc1. The standard InChI is InChI=1S/C16H12Cl2N4O/c17-12-5-1-10(2-6-12)9-14(23)22-16(19)20-15(21-22)11-3-7-13(18)8-4-11/h1-8H,9H2,(H2,19,20,21). The Morgan fingerprint density at radius 3 is 2.17 bits per heavy atom. The van der Waals surface area contributed by atoms with Crippen LogP contribution in [0.1, 0.15) is 10.4 Å². The molecule has 0 aliphatic heterocycles. The maximum atomic E-state index is 12.3. The van der Waals surface area contributed by atoms with Crippen molar-refractivity contribution in [2.75, 3.05) is 5.73 Å². The summed E-state index contributed by atoms with van der Waals surface area (Å²) >= 11 is 11.7. The molecular weight excluding hydrogens is 335 g/mol. The highest BCUT2D eigenvalue weighted by atomic mass is 35.5. The Bertz CT molecular complexity index is 842. The van der Waals surface area contributed by atoms with Gasteiger partial charge < -0.3 is 5.73 Å². The number of hydrogen-bond donors (Lipinski definition) is 1. The minimum Gasteiger partial charge on any atom is -0.368 e. The molecule has 2 aromatic carbocycles. The zero-order valence-corrected chi connectivity index (χ0v) is 13.4. The van der Waals surface area contributed by atoms with Crippen molar-refractivity contribution < 1.29 is 4.79 Å². The predicted octanol–water partition coefficient (Wildman–Crippen LogP) is 3.72. The molecule has 1 heterocycles. The Morgan fingerprint density at radius 1 is 1.00 bits per heavy atom. The van der Waals surface area contributed by atoms with Crippen molar-refractivity contribution in [1.29, 1.82) is 0 Å². The molecule has 0 radical (unpaired) electrons. The Balaban J connectivity index is 1.84. The van der Waals surface area contributed by atoms with Gasteiger partial charge in [-0.25, -0.2) is 0 Å². The number of aromatic nitrogens is 3. The van der Waals surface area contributed by atoms with Gasteiger partial charge in [0.15, 0.2) is 5.82 Å². The molecular formula is C16H12Cl2N4O. The first-order chi connectivity index (χ1) is 11.0. The summed E-state index contributed by atoms with van der Waals surface area (Å²) in [6.45, 7) is 0. The zero-order chi connectivity index (χ0) is 16.4. The first-order valence-corrected chi connectivity index (χ1v) is 7.54. The Morgan fingerprint density at radius 2 is 1.57 bits per heavy atom. The van der Waals surface area contributed by atoms with Crippen LogP contribution in [0.25, 0.3) is 11.4 Å². The van der Waals surface area contributed by atoms with Gasteiger partial charge >= 0.3 is 0 Å². The molecule has 3 aromatic rings. The van der Waals surface area contributed by atoms with Gasteiger partial charge in [0.05, 0.1) is 6.42 Å². The van der Waals surface area contributed by atoms with E-state index in [1.807, 2.05) is 0 Å². The topological polar surface area (TPSA) is 73.8 Å². The minimum absolute atomic E-state index is 0.0499. The van der Waals surface area contributed by atoms with E-state index in [1.54, 1.807) is 48.5 Å². The number of benzene rings is 2. The summed E-state index contributed by atoms with van der Waals surface area (Å²) < 4.78 is 1.11. The third-order valence-corrected chi connectivity index (χ3v) is 3.74. The summed E-state index contributed by atoms with van der Waals surface area (Å²) in [7, 11) is 0. The molecule has 1 aromatic heterocycles. The number of nitrogens with two attached hydrogens (primary N) is 1. The van der Waals surface area contributed by atoms with Crippen LogP contribution >= 0.6 is 23.2 Å². The molecule has 3 rings (SSSR count). The van der Waals surface area contributed by atoms with Crippen LogP contribution in [-0.2, 0) is 6.42 Å². The summed E-state index contributed by atoms with van der Waals surface area (Å²) in [5.74, 6) is 0.162. The third-order valence-electron chi connectivity index (χ3n) is 3.24. The van der Waals surface area contributed by atoms with Crippen LogP contribution in [-0.4, -0.2) is 20.7 Å². The third kappa shape index (κ3) is 3.52. The second-order valence-electron chi connectivity index (χ2n) is 4.91. The number of hydrogen-bond acceptors (Lipinski definition) is 4. The van der Waals surface area contributed by atoms with Gasteiger partial charge in [0.2, 0.25) is 5.95 Å². The molecule has 116 valence electrons. The van der Waals surface area contributed by atoms with Crippen molar-refractivity contribution >= 4 is 35.1 Å². The van der Waals surface area contributed by atoms with E-state index < -0.39 is 0 Å². The van der Waals surface area contributed by atoms with E-state index in [0.717, 1.165) is 15.8 Å². The first kappa shape index (κ1) is 15.5. The second-order valence-corrected chi connectivity index (χ2v) is 5.78. The van der Waals surface area contributed by atoms with E-state index >= 15 is 0 Å². The number of rotatable bonds is 3. The monoisotopic (exact) mass is 346 g/mol. The highest BCUT2D eigenvalue weighted by Gasteiger charge is 2.15. The van der Waals surface area contributed by atoms with Crippen LogP contribution in [0.3, 0.4) is 0 Å². The van der Waals surface area contributed by atoms with Crippen molar-refractivity contribution in [3.05, 3.63) is 64.1 Å². The molecule has 0 aliphatic rings. The van der Waals surface area contributed by atoms with Gasteiger partial charge in [0.1, 0.15) is 0 Å². The number of anilines is 1. The molecule has 5 nitrogen and oxygen atoms in total. The number of halogens is 2. The van der Waals surface area contributed by atoms with E-state index in [0.29, 0.717) is 15.9 Å². The quantitative estimate of drug-likeness (QED) is 0.784. The molecule has 0 amide bonds. The van der Waals surface area contributed by atoms with Crippen LogP contribution in [0, 0.1) is 0 Å². The lowest BCUT2D eigenvalue weighted by Gasteiger charge is -2.02. The maximum absolute atomic E-state index is 12.3. The molecule has 0 fully saturated rings. The van der Waals surface area contributed by atoms with E-state index in [1.165, 1.54) is 0 Å². The number of carbonyl (C=O) groups is 1. The molecule has 23 heavy (non-hydrogen) atoms. The zero-order valence-electron chi connectivity index (χ0n) is 11.9. The normalized spacial score (nSPS) is 10.7. The van der Waals surface area contributed by atoms with Crippen LogP contribution in [0.5, 0.6) is 0 Å². The molecule has 0 bridgehead atoms. The summed E-state index contributed by atoms with van der Waals surface area (Å²) in [5.41, 5.74) is 7.37. The van der Waals surface area contributed by atoms with Crippen LogP contribution in [0.4, 0.5) is 5.95 Å². The van der Waals surface area contributed by atoms with E-state index in [-0.39, 0.29) is 18.3 Å². The summed E-state index contributed by atoms with van der Waals surface area (Å²) in [5, 5.41) is 5.41. The molecule has 0 saturated carbocycles. The highest BCUT2D eigenvalue weighted by molar-refractivity contribution is 6.30. The lowest BCUT2D eigenvalue weighted by atomic mass is 10.1. The number of carbonyl (C=O) groups excluding carboxylic acids is 1. The van der Waals surface area contributed by atoms with E-state index in [9.17, 15) is 4.79 Å². The van der Waals surface area contributed by atoms with Gasteiger partial charge in [0.25, 0.3) is 5.91 Å². The Kier molecular flexibility index (Phi) is 4.32. The second kappa shape index (κ2) is 6.40. The average Bonchev–Trinajstić information content (AvgIpc) is 2.92. The summed E-state index contributed by atoms with van der Waals surface area (Å²) in [6, 6.07) is 14.0. The van der Waals surface area contributed by atoms with Gasteiger partial charge in [-0.15, -0.1) is 5.10 Å². The highest BCUT2D eigenvalue weighted by Crippen LogP contribution is 2.19. The van der Waals surface area contributed by atoms with Crippen molar-refractivity contribution in [2.24, 2.45) is 0 Å². The predicted molar refractivity (Wildman–Crippen MR) is 90.7 cm³/mol. The molecule has 0 spiro atoms. The van der Waals surface area contributed by atoms with Crippen molar-refractivity contribution in [1.82, 2.24) is 14.8 Å².